The van der Waals surface area contributed by atoms with Crippen molar-refractivity contribution in [2.75, 3.05) is 18.9 Å². The molecule has 2 aromatic carbocycles. The first-order valence-electron chi connectivity index (χ1n) is 19.1. The Kier molecular flexibility index (Phi) is 15.4. The quantitative estimate of drug-likeness (QED) is 0.0289. The molecule has 15 heteroatoms. The Morgan fingerprint density at radius 2 is 1.65 bits per heavy atom. The smallest absolute Gasteiger partial charge is 0.459 e. The van der Waals surface area contributed by atoms with Crippen LogP contribution in [0.15, 0.2) is 67.0 Å². The number of aliphatic hydroxyl groups is 1. The lowest BCUT2D eigenvalue weighted by atomic mass is 10.0. The molecule has 54 heavy (non-hydrogen) atoms. The summed E-state index contributed by atoms with van der Waals surface area (Å²) >= 11 is 0. The minimum atomic E-state index is -4.36. The molecule has 4 aromatic rings. The third-order valence-corrected chi connectivity index (χ3v) is 11.2. The van der Waals surface area contributed by atoms with Gasteiger partial charge in [-0.3, -0.25) is 13.9 Å². The van der Waals surface area contributed by atoms with E-state index in [4.69, 9.17) is 24.3 Å². The number of halogens is 1. The van der Waals surface area contributed by atoms with Gasteiger partial charge in [-0.15, -0.1) is 0 Å². The van der Waals surface area contributed by atoms with Crippen molar-refractivity contribution < 1.29 is 37.4 Å². The van der Waals surface area contributed by atoms with Crippen LogP contribution in [0.2, 0.25) is 0 Å². The van der Waals surface area contributed by atoms with E-state index >= 15 is 0 Å². The topological polar surface area (TPSA) is 173 Å². The molecular weight excluding hydrogens is 714 g/mol. The van der Waals surface area contributed by atoms with Crippen molar-refractivity contribution in [3.05, 3.63) is 78.6 Å². The number of esters is 1. The number of nitrogens with one attached hydrogen (secondary N) is 1. The Labute approximate surface area is 316 Å². The molecule has 1 fully saturated rings. The fourth-order valence-corrected chi connectivity index (χ4v) is 8.07. The summed E-state index contributed by atoms with van der Waals surface area (Å²) < 4.78 is 54.1. The van der Waals surface area contributed by atoms with Gasteiger partial charge >= 0.3 is 19.8 Å². The van der Waals surface area contributed by atoms with Crippen LogP contribution in [0.4, 0.5) is 10.2 Å². The Bertz CT molecular complexity index is 1800. The van der Waals surface area contributed by atoms with Crippen molar-refractivity contribution in [3.63, 3.8) is 0 Å². The number of nitrogen functional groups attached to an aromatic ring is 1. The fourth-order valence-electron chi connectivity index (χ4n) is 6.48. The molecule has 0 bridgehead atoms. The van der Waals surface area contributed by atoms with Gasteiger partial charge in [0.25, 0.3) is 0 Å². The molecule has 1 unspecified atom stereocenters. The SMILES string of the molecule is CCCCCCCCCCCCCOC(=O)[C@H](Cc1ccccc1)NP(=O)(OC[C@@]1(C)O[C@@H](n2cnc3c(N)nc(F)nc32)C[C@@H]1O)Oc1ccccc1. The second-order valence-electron chi connectivity index (χ2n) is 14.1. The van der Waals surface area contributed by atoms with Gasteiger partial charge in [0, 0.05) is 6.42 Å². The van der Waals surface area contributed by atoms with E-state index < -0.39 is 50.4 Å². The van der Waals surface area contributed by atoms with Gasteiger partial charge in [0.05, 0.1) is 25.6 Å². The van der Waals surface area contributed by atoms with Crippen molar-refractivity contribution >= 4 is 30.7 Å². The maximum absolute atomic E-state index is 14.6. The van der Waals surface area contributed by atoms with E-state index in [0.717, 1.165) is 31.2 Å². The van der Waals surface area contributed by atoms with Crippen molar-refractivity contribution in [2.24, 2.45) is 0 Å². The van der Waals surface area contributed by atoms with E-state index in [1.807, 2.05) is 30.3 Å². The van der Waals surface area contributed by atoms with Crippen LogP contribution in [0.1, 0.15) is 103 Å². The number of unbranched alkanes of at least 4 members (excludes halogenated alkanes) is 10. The van der Waals surface area contributed by atoms with Crippen LogP contribution in [-0.4, -0.2) is 61.6 Å². The van der Waals surface area contributed by atoms with E-state index in [2.05, 4.69) is 27.0 Å². The number of fused-ring (bicyclic) bond motifs is 1. The summed E-state index contributed by atoms with van der Waals surface area (Å²) in [4.78, 5) is 25.1. The zero-order valence-corrected chi connectivity index (χ0v) is 32.2. The summed E-state index contributed by atoms with van der Waals surface area (Å²) in [6.45, 7) is 3.64. The molecule has 1 aliphatic heterocycles. The molecule has 294 valence electrons. The third-order valence-electron chi connectivity index (χ3n) is 9.63. The second-order valence-corrected chi connectivity index (χ2v) is 15.8. The Hall–Kier alpha value is -3.94. The molecule has 0 radical (unpaired) electrons. The van der Waals surface area contributed by atoms with E-state index in [0.29, 0.717) is 0 Å². The van der Waals surface area contributed by atoms with Gasteiger partial charge < -0.3 is 24.8 Å². The number of anilines is 1. The van der Waals surface area contributed by atoms with Gasteiger partial charge in [-0.1, -0.05) is 120 Å². The summed E-state index contributed by atoms with van der Waals surface area (Å²) in [6, 6.07) is 16.7. The highest BCUT2D eigenvalue weighted by Gasteiger charge is 2.48. The highest BCUT2D eigenvalue weighted by molar-refractivity contribution is 7.52. The number of benzene rings is 2. The molecule has 4 N–H and O–H groups in total. The number of ether oxygens (including phenoxy) is 2. The maximum Gasteiger partial charge on any atom is 0.459 e. The van der Waals surface area contributed by atoms with Crippen LogP contribution in [0.25, 0.3) is 11.2 Å². The molecule has 0 amide bonds. The maximum atomic E-state index is 14.6. The monoisotopic (exact) mass is 768 g/mol. The first-order valence-corrected chi connectivity index (χ1v) is 20.6. The predicted octanol–water partition coefficient (Wildman–Crippen LogP) is 7.84. The molecule has 1 saturated heterocycles. The number of carbonyl (C=O) groups is 1. The first kappa shape index (κ1) is 41.2. The Morgan fingerprint density at radius 1 is 1.02 bits per heavy atom. The summed E-state index contributed by atoms with van der Waals surface area (Å²) in [5.41, 5.74) is 5.50. The highest BCUT2D eigenvalue weighted by atomic mass is 31.2. The number of aromatic nitrogens is 4. The van der Waals surface area contributed by atoms with Gasteiger partial charge in [0.2, 0.25) is 0 Å². The second kappa shape index (κ2) is 20.1. The minimum Gasteiger partial charge on any atom is -0.465 e. The van der Waals surface area contributed by atoms with Crippen LogP contribution in [0.3, 0.4) is 0 Å². The number of hydrogen-bond donors (Lipinski definition) is 3. The van der Waals surface area contributed by atoms with Gasteiger partial charge in [0.1, 0.15) is 23.6 Å². The molecule has 0 spiro atoms. The molecule has 3 heterocycles. The molecule has 0 saturated carbocycles. The summed E-state index contributed by atoms with van der Waals surface area (Å²) in [5, 5.41) is 14.1. The van der Waals surface area contributed by atoms with E-state index in [1.54, 1.807) is 37.3 Å². The van der Waals surface area contributed by atoms with Crippen LogP contribution in [0.5, 0.6) is 5.75 Å². The number of carbonyl (C=O) groups excluding carboxylic acids is 1. The van der Waals surface area contributed by atoms with Gasteiger partial charge in [-0.2, -0.15) is 19.4 Å². The standard InChI is InChI=1S/C39H54FN6O7P/c1-3-4-5-6-7-8-9-10-11-12-19-24-50-37(48)31(25-29-20-15-13-16-21-29)45-54(49,53-30-22-17-14-18-23-30)51-27-39(2)32(47)26-33(52-39)46-28-42-34-35(41)43-38(40)44-36(34)46/h13-18,20-23,28,31-33,47H,3-12,19,24-27H2,1-2H3,(H,45,49)(H2,41,43,44)/t31-,32-,33+,39+,54?/m0/s1. The largest absolute Gasteiger partial charge is 0.465 e. The fraction of sp³-hybridized carbons (Fsp3) is 0.538. The molecular formula is C39H54FN6O7P. The molecule has 5 rings (SSSR count). The zero-order chi connectivity index (χ0) is 38.4. The summed E-state index contributed by atoms with van der Waals surface area (Å²) in [5.74, 6) is -0.482. The number of nitrogens with zero attached hydrogens (tertiary/aromatic N) is 4. The number of nitrogens with two attached hydrogens (primary N) is 1. The zero-order valence-electron chi connectivity index (χ0n) is 31.3. The highest BCUT2D eigenvalue weighted by Crippen LogP contribution is 2.48. The van der Waals surface area contributed by atoms with Gasteiger partial charge in [-0.05, 0) is 37.5 Å². The van der Waals surface area contributed by atoms with E-state index in [1.165, 1.54) is 55.8 Å². The minimum absolute atomic E-state index is 0.0517. The van der Waals surface area contributed by atoms with Gasteiger partial charge in [0.15, 0.2) is 17.0 Å². The first-order chi connectivity index (χ1) is 26.1. The molecule has 0 aliphatic carbocycles. The molecule has 13 nitrogen and oxygen atoms in total. The van der Waals surface area contributed by atoms with Crippen LogP contribution in [0, 0.1) is 6.08 Å². The number of hydrogen-bond acceptors (Lipinski definition) is 11. The number of para-hydroxylation sites is 1. The summed E-state index contributed by atoms with van der Waals surface area (Å²) in [7, 11) is -4.36. The number of rotatable bonds is 23. The van der Waals surface area contributed by atoms with E-state index in [9.17, 15) is 18.9 Å². The van der Waals surface area contributed by atoms with Crippen molar-refractivity contribution in [1.82, 2.24) is 24.6 Å². The number of imidazole rings is 1. The van der Waals surface area contributed by atoms with Crippen LogP contribution in [-0.2, 0) is 29.8 Å². The van der Waals surface area contributed by atoms with Crippen molar-refractivity contribution in [2.45, 2.75) is 121 Å². The van der Waals surface area contributed by atoms with Crippen LogP contribution >= 0.6 is 7.75 Å². The average Bonchev–Trinajstić information content (AvgIpc) is 3.72. The predicted molar refractivity (Wildman–Crippen MR) is 204 cm³/mol. The lowest BCUT2D eigenvalue weighted by Crippen LogP contribution is -2.43. The molecule has 5 atom stereocenters. The Morgan fingerprint density at radius 3 is 2.31 bits per heavy atom. The third kappa shape index (κ3) is 11.8. The van der Waals surface area contributed by atoms with Gasteiger partial charge in [-0.25, -0.2) is 9.55 Å². The lowest BCUT2D eigenvalue weighted by molar-refractivity contribution is -0.146. The van der Waals surface area contributed by atoms with Crippen molar-refractivity contribution in [3.8, 4) is 5.75 Å². The lowest BCUT2D eigenvalue weighted by Gasteiger charge is -2.31. The number of aliphatic hydroxyl groups excluding tert-OH is 1. The molecule has 1 aliphatic rings. The average molecular weight is 769 g/mol. The normalized spacial score (nSPS) is 20.1. The van der Waals surface area contributed by atoms with Crippen molar-refractivity contribution in [1.29, 1.82) is 0 Å². The summed E-state index contributed by atoms with van der Waals surface area (Å²) in [6.07, 6.45) is 11.5. The van der Waals surface area contributed by atoms with Crippen LogP contribution < -0.4 is 15.3 Å². The Balaban J connectivity index is 1.23. The molecule has 2 aromatic heterocycles. The van der Waals surface area contributed by atoms with E-state index in [-0.39, 0.29) is 42.2 Å².